The molecule has 7 heteroatoms. The predicted molar refractivity (Wildman–Crippen MR) is 116 cm³/mol. The van der Waals surface area contributed by atoms with Crippen molar-refractivity contribution in [3.8, 4) is 11.3 Å². The summed E-state index contributed by atoms with van der Waals surface area (Å²) in [5.74, 6) is -0.322. The van der Waals surface area contributed by atoms with Crippen molar-refractivity contribution in [1.29, 1.82) is 0 Å². The van der Waals surface area contributed by atoms with Gasteiger partial charge >= 0.3 is 0 Å². The molecule has 1 aliphatic heterocycles. The SMILES string of the molecule is CCN1C(=O)C(=Cc2cc3c(cc(-c4ccccc4)n3C)o2)C(=O)N(CC)C1=S. The highest BCUT2D eigenvalue weighted by molar-refractivity contribution is 7.80. The normalized spacial score (nSPS) is 15.0. The standard InChI is InChI=1S/C22H21N3O3S/c1-4-24-20(26)16(21(27)25(5-2)22(24)29)11-15-12-18-19(28-15)13-17(23(18)3)14-9-7-6-8-10-14/h6-13H,4-5H2,1-3H3. The topological polar surface area (TPSA) is 58.7 Å². The molecule has 3 heterocycles. The zero-order valence-electron chi connectivity index (χ0n) is 16.5. The minimum Gasteiger partial charge on any atom is -0.455 e. The number of benzene rings is 1. The Morgan fingerprint density at radius 1 is 1.00 bits per heavy atom. The van der Waals surface area contributed by atoms with Gasteiger partial charge in [-0.25, -0.2) is 0 Å². The molecule has 4 rings (SSSR count). The Balaban J connectivity index is 1.75. The first kappa shape index (κ1) is 19.1. The number of aromatic nitrogens is 1. The van der Waals surface area contributed by atoms with E-state index in [0.717, 1.165) is 16.8 Å². The summed E-state index contributed by atoms with van der Waals surface area (Å²) in [6.45, 7) is 4.47. The fourth-order valence-corrected chi connectivity index (χ4v) is 4.04. The van der Waals surface area contributed by atoms with Crippen LogP contribution in [0.1, 0.15) is 19.6 Å². The zero-order chi connectivity index (χ0) is 20.7. The lowest BCUT2D eigenvalue weighted by molar-refractivity contribution is -0.133. The number of thiocarbonyl (C=S) groups is 1. The molecule has 0 bridgehead atoms. The van der Waals surface area contributed by atoms with Crippen molar-refractivity contribution in [2.24, 2.45) is 7.05 Å². The summed E-state index contributed by atoms with van der Waals surface area (Å²) in [5, 5.41) is 0.249. The smallest absolute Gasteiger partial charge is 0.265 e. The third kappa shape index (κ3) is 3.07. The van der Waals surface area contributed by atoms with Crippen LogP contribution >= 0.6 is 12.2 Å². The number of nitrogens with zero attached hydrogens (tertiary/aromatic N) is 3. The fourth-order valence-electron chi connectivity index (χ4n) is 3.61. The maximum Gasteiger partial charge on any atom is 0.265 e. The Labute approximate surface area is 174 Å². The number of fused-ring (bicyclic) bond motifs is 1. The fraction of sp³-hybridized carbons (Fsp3) is 0.227. The van der Waals surface area contributed by atoms with Crippen molar-refractivity contribution in [3.05, 3.63) is 53.8 Å². The summed E-state index contributed by atoms with van der Waals surface area (Å²) in [4.78, 5) is 28.4. The highest BCUT2D eigenvalue weighted by atomic mass is 32.1. The second-order valence-corrected chi connectivity index (χ2v) is 7.16. The van der Waals surface area contributed by atoms with Crippen LogP contribution in [0.4, 0.5) is 0 Å². The van der Waals surface area contributed by atoms with Crippen molar-refractivity contribution in [2.45, 2.75) is 13.8 Å². The summed E-state index contributed by atoms with van der Waals surface area (Å²) < 4.78 is 7.98. The molecule has 0 unspecified atom stereocenters. The number of carbonyl (C=O) groups is 2. The van der Waals surface area contributed by atoms with Gasteiger partial charge in [0.25, 0.3) is 11.8 Å². The summed E-state index contributed by atoms with van der Waals surface area (Å²) >= 11 is 5.29. The van der Waals surface area contributed by atoms with Crippen LogP contribution in [-0.4, -0.2) is 44.4 Å². The summed E-state index contributed by atoms with van der Waals surface area (Å²) in [7, 11) is 1.96. The highest BCUT2D eigenvalue weighted by Crippen LogP contribution is 2.31. The molecule has 6 nitrogen and oxygen atoms in total. The minimum atomic E-state index is -0.391. The number of furan rings is 1. The van der Waals surface area contributed by atoms with Crippen molar-refractivity contribution in [1.82, 2.24) is 14.4 Å². The number of aryl methyl sites for hydroxylation is 1. The van der Waals surface area contributed by atoms with Gasteiger partial charge in [0.05, 0.1) is 11.2 Å². The van der Waals surface area contributed by atoms with E-state index in [2.05, 4.69) is 0 Å². The van der Waals surface area contributed by atoms with E-state index in [1.165, 1.54) is 15.9 Å². The maximum absolute atomic E-state index is 12.8. The number of hydrogen-bond donors (Lipinski definition) is 0. The molecule has 2 amide bonds. The number of rotatable bonds is 4. The van der Waals surface area contributed by atoms with Crippen LogP contribution < -0.4 is 0 Å². The van der Waals surface area contributed by atoms with E-state index in [9.17, 15) is 9.59 Å². The average molecular weight is 407 g/mol. The van der Waals surface area contributed by atoms with Gasteiger partial charge in [0, 0.05) is 32.3 Å². The molecular formula is C22H21N3O3S. The Morgan fingerprint density at radius 2 is 1.62 bits per heavy atom. The number of amides is 2. The molecule has 1 saturated heterocycles. The molecular weight excluding hydrogens is 386 g/mol. The Morgan fingerprint density at radius 3 is 2.17 bits per heavy atom. The third-order valence-electron chi connectivity index (χ3n) is 5.15. The third-order valence-corrected chi connectivity index (χ3v) is 5.59. The molecule has 0 aliphatic carbocycles. The molecule has 148 valence electrons. The first-order chi connectivity index (χ1) is 14.0. The van der Waals surface area contributed by atoms with Gasteiger partial charge in [0.1, 0.15) is 11.3 Å². The van der Waals surface area contributed by atoms with Crippen LogP contribution in [0.2, 0.25) is 0 Å². The van der Waals surface area contributed by atoms with Gasteiger partial charge in [0.2, 0.25) is 0 Å². The zero-order valence-corrected chi connectivity index (χ0v) is 17.3. The van der Waals surface area contributed by atoms with E-state index in [1.807, 2.05) is 67.9 Å². The molecule has 1 aromatic carbocycles. The van der Waals surface area contributed by atoms with E-state index in [4.69, 9.17) is 16.6 Å². The van der Waals surface area contributed by atoms with Crippen molar-refractivity contribution in [3.63, 3.8) is 0 Å². The van der Waals surface area contributed by atoms with Gasteiger partial charge in [0.15, 0.2) is 10.7 Å². The molecule has 1 aliphatic rings. The van der Waals surface area contributed by atoms with Crippen molar-refractivity contribution in [2.75, 3.05) is 13.1 Å². The Hall–Kier alpha value is -3.19. The number of carbonyl (C=O) groups excluding carboxylic acids is 2. The quantitative estimate of drug-likeness (QED) is 0.375. The second-order valence-electron chi connectivity index (χ2n) is 6.79. The molecule has 0 spiro atoms. The molecule has 1 fully saturated rings. The van der Waals surface area contributed by atoms with Gasteiger partial charge in [-0.3, -0.25) is 19.4 Å². The van der Waals surface area contributed by atoms with E-state index < -0.39 is 11.8 Å². The van der Waals surface area contributed by atoms with Gasteiger partial charge in [-0.05, 0) is 37.7 Å². The van der Waals surface area contributed by atoms with Crippen LogP contribution in [0, 0.1) is 0 Å². The lowest BCUT2D eigenvalue weighted by Crippen LogP contribution is -2.55. The predicted octanol–water partition coefficient (Wildman–Crippen LogP) is 3.82. The van der Waals surface area contributed by atoms with E-state index in [-0.39, 0.29) is 10.7 Å². The van der Waals surface area contributed by atoms with Crippen LogP contribution in [0.3, 0.4) is 0 Å². The number of likely N-dealkylation sites (N-methyl/N-ethyl adjacent to an activating group) is 2. The van der Waals surface area contributed by atoms with E-state index in [0.29, 0.717) is 24.4 Å². The molecule has 0 saturated carbocycles. The monoisotopic (exact) mass is 407 g/mol. The molecule has 0 atom stereocenters. The minimum absolute atomic E-state index is 0.0599. The van der Waals surface area contributed by atoms with Crippen molar-refractivity contribution >= 4 is 46.3 Å². The Bertz CT molecular complexity index is 1130. The largest absolute Gasteiger partial charge is 0.455 e. The molecule has 0 radical (unpaired) electrons. The first-order valence-corrected chi connectivity index (χ1v) is 9.91. The van der Waals surface area contributed by atoms with Crippen LogP contribution in [0.25, 0.3) is 28.4 Å². The molecule has 0 N–H and O–H groups in total. The van der Waals surface area contributed by atoms with Crippen LogP contribution in [-0.2, 0) is 16.6 Å². The second kappa shape index (κ2) is 7.33. The van der Waals surface area contributed by atoms with Gasteiger partial charge < -0.3 is 8.98 Å². The lowest BCUT2D eigenvalue weighted by Gasteiger charge is -2.35. The maximum atomic E-state index is 12.8. The summed E-state index contributed by atoms with van der Waals surface area (Å²) in [6, 6.07) is 13.8. The summed E-state index contributed by atoms with van der Waals surface area (Å²) in [6.07, 6.45) is 1.51. The molecule has 3 aromatic rings. The van der Waals surface area contributed by atoms with E-state index in [1.54, 1.807) is 0 Å². The van der Waals surface area contributed by atoms with Gasteiger partial charge in [-0.15, -0.1) is 0 Å². The highest BCUT2D eigenvalue weighted by Gasteiger charge is 2.38. The molecule has 2 aromatic heterocycles. The average Bonchev–Trinajstić information content (AvgIpc) is 3.25. The van der Waals surface area contributed by atoms with Gasteiger partial charge in [-0.2, -0.15) is 0 Å². The Kier molecular flexibility index (Phi) is 4.84. The molecule has 29 heavy (non-hydrogen) atoms. The van der Waals surface area contributed by atoms with Gasteiger partial charge in [-0.1, -0.05) is 30.3 Å². The van der Waals surface area contributed by atoms with Crippen LogP contribution in [0.5, 0.6) is 0 Å². The van der Waals surface area contributed by atoms with Crippen LogP contribution in [0.15, 0.2) is 52.5 Å². The first-order valence-electron chi connectivity index (χ1n) is 9.50. The van der Waals surface area contributed by atoms with Crippen molar-refractivity contribution < 1.29 is 14.0 Å². The lowest BCUT2D eigenvalue weighted by atomic mass is 10.1. The van der Waals surface area contributed by atoms with E-state index >= 15 is 0 Å². The summed E-state index contributed by atoms with van der Waals surface area (Å²) in [5.41, 5.74) is 3.77. The number of hydrogen-bond acceptors (Lipinski definition) is 4.